The molecular formula is C20H24Cl2N6O3. The maximum Gasteiger partial charge on any atom is 0.320 e. The first-order chi connectivity index (χ1) is 14.7. The first-order valence-corrected chi connectivity index (χ1v) is 10.0. The van der Waals surface area contributed by atoms with E-state index in [1.807, 2.05) is 24.3 Å². The second-order valence-electron chi connectivity index (χ2n) is 6.85. The Morgan fingerprint density at radius 1 is 1.10 bits per heavy atom. The van der Waals surface area contributed by atoms with Gasteiger partial charge in [0.25, 0.3) is 0 Å². The summed E-state index contributed by atoms with van der Waals surface area (Å²) >= 11 is 12.3. The molecule has 0 aromatic heterocycles. The van der Waals surface area contributed by atoms with Crippen LogP contribution in [0.4, 0.5) is 0 Å². The number of nitrogens with zero attached hydrogens (tertiary/aromatic N) is 1. The monoisotopic (exact) mass is 466 g/mol. The molecule has 0 heterocycles. The number of hydrogen-bond acceptors (Lipinski definition) is 6. The smallest absolute Gasteiger partial charge is 0.320 e. The van der Waals surface area contributed by atoms with Gasteiger partial charge in [0, 0.05) is 21.5 Å². The first-order valence-electron chi connectivity index (χ1n) is 9.27. The summed E-state index contributed by atoms with van der Waals surface area (Å²) in [6, 6.07) is 10.7. The Hall–Kier alpha value is -2.85. The topological polar surface area (TPSA) is 155 Å². The Labute approximate surface area is 189 Å². The second-order valence-corrected chi connectivity index (χ2v) is 7.69. The summed E-state index contributed by atoms with van der Waals surface area (Å²) in [4.78, 5) is 24.1. The van der Waals surface area contributed by atoms with Crippen LogP contribution in [-0.2, 0) is 9.59 Å². The number of nitrogens with two attached hydrogens (primary N) is 2. The van der Waals surface area contributed by atoms with E-state index in [1.165, 1.54) is 6.92 Å². The number of carboxylic acids is 1. The minimum absolute atomic E-state index is 0.155. The Balaban J connectivity index is 2.32. The van der Waals surface area contributed by atoms with Crippen molar-refractivity contribution in [3.63, 3.8) is 0 Å². The number of carbonyl (C=O) groups is 2. The van der Waals surface area contributed by atoms with Gasteiger partial charge in [-0.15, -0.1) is 5.10 Å². The number of aliphatic carboxylic acids is 1. The zero-order valence-corrected chi connectivity index (χ0v) is 18.4. The quantitative estimate of drug-likeness (QED) is 0.158. The minimum atomic E-state index is -1.10. The number of carbonyl (C=O) groups excluding carboxylic acids is 1. The third-order valence-electron chi connectivity index (χ3n) is 4.77. The largest absolute Gasteiger partial charge is 0.480 e. The van der Waals surface area contributed by atoms with Crippen molar-refractivity contribution in [2.24, 2.45) is 16.8 Å². The highest BCUT2D eigenvalue weighted by molar-refractivity contribution is 6.35. The van der Waals surface area contributed by atoms with Gasteiger partial charge in [0.1, 0.15) is 6.04 Å². The van der Waals surface area contributed by atoms with Crippen LogP contribution in [0.25, 0.3) is 11.1 Å². The number of halogens is 2. The average Bonchev–Trinajstić information content (AvgIpc) is 2.76. The van der Waals surface area contributed by atoms with Crippen LogP contribution in [0, 0.1) is 0 Å². The molecule has 11 heteroatoms. The molecule has 0 spiro atoms. The van der Waals surface area contributed by atoms with Crippen molar-refractivity contribution < 1.29 is 14.7 Å². The molecule has 1 amide bonds. The van der Waals surface area contributed by atoms with E-state index in [9.17, 15) is 14.7 Å². The van der Waals surface area contributed by atoms with Crippen molar-refractivity contribution in [1.29, 1.82) is 0 Å². The number of guanidine groups is 1. The van der Waals surface area contributed by atoms with Gasteiger partial charge in [0.15, 0.2) is 0 Å². The third kappa shape index (κ3) is 6.31. The van der Waals surface area contributed by atoms with Gasteiger partial charge in [-0.05, 0) is 36.2 Å². The van der Waals surface area contributed by atoms with Crippen LogP contribution in [0.15, 0.2) is 47.6 Å². The molecule has 31 heavy (non-hydrogen) atoms. The summed E-state index contributed by atoms with van der Waals surface area (Å²) < 4.78 is 0. The molecular weight excluding hydrogens is 443 g/mol. The zero-order chi connectivity index (χ0) is 23.1. The number of hydrogen-bond donors (Lipinski definition) is 6. The van der Waals surface area contributed by atoms with Crippen molar-refractivity contribution in [2.45, 2.75) is 31.8 Å². The lowest BCUT2D eigenvalue weighted by Gasteiger charge is -2.27. The molecule has 3 unspecified atom stereocenters. The molecule has 0 bridgehead atoms. The summed E-state index contributed by atoms with van der Waals surface area (Å²) in [6.07, 6.45) is 0. The van der Waals surface area contributed by atoms with Crippen molar-refractivity contribution in [1.82, 2.24) is 16.1 Å². The highest BCUT2D eigenvalue weighted by atomic mass is 35.5. The van der Waals surface area contributed by atoms with Crippen LogP contribution in [0.2, 0.25) is 10.0 Å². The Morgan fingerprint density at radius 2 is 1.74 bits per heavy atom. The van der Waals surface area contributed by atoms with Crippen molar-refractivity contribution in [3.05, 3.63) is 58.1 Å². The number of amides is 1. The predicted molar refractivity (Wildman–Crippen MR) is 121 cm³/mol. The molecule has 9 nitrogen and oxygen atoms in total. The van der Waals surface area contributed by atoms with E-state index < -0.39 is 29.9 Å². The third-order valence-corrected chi connectivity index (χ3v) is 5.33. The Morgan fingerprint density at radius 3 is 2.29 bits per heavy atom. The molecule has 0 saturated carbocycles. The van der Waals surface area contributed by atoms with E-state index >= 15 is 0 Å². The number of hydrazone groups is 1. The lowest BCUT2D eigenvalue weighted by Crippen LogP contribution is -2.56. The molecule has 0 saturated heterocycles. The van der Waals surface area contributed by atoms with E-state index in [0.717, 1.165) is 16.7 Å². The summed E-state index contributed by atoms with van der Waals surface area (Å²) in [5.41, 5.74) is 4.57. The lowest BCUT2D eigenvalue weighted by atomic mass is 9.90. The normalized spacial score (nSPS) is 14.4. The summed E-state index contributed by atoms with van der Waals surface area (Å²) in [5, 5.41) is 18.9. The number of hydrazine groups is 1. The summed E-state index contributed by atoms with van der Waals surface area (Å²) in [6.45, 7) is 3.24. The van der Waals surface area contributed by atoms with Gasteiger partial charge >= 0.3 is 5.97 Å². The van der Waals surface area contributed by atoms with Crippen LogP contribution < -0.4 is 27.7 Å². The zero-order valence-electron chi connectivity index (χ0n) is 16.9. The lowest BCUT2D eigenvalue weighted by molar-refractivity contribution is -0.139. The van der Waals surface area contributed by atoms with E-state index in [4.69, 9.17) is 34.9 Å². The molecule has 0 fully saturated rings. The van der Waals surface area contributed by atoms with E-state index in [2.05, 4.69) is 21.2 Å². The molecule has 0 aliphatic carbocycles. The fourth-order valence-electron chi connectivity index (χ4n) is 2.97. The fraction of sp³-hybridized carbons (Fsp3) is 0.250. The highest BCUT2D eigenvalue weighted by Gasteiger charge is 2.30. The molecule has 2 aromatic rings. The van der Waals surface area contributed by atoms with Gasteiger partial charge in [-0.3, -0.25) is 25.6 Å². The maximum atomic E-state index is 12.8. The first kappa shape index (κ1) is 24.4. The fourth-order valence-corrected chi connectivity index (χ4v) is 3.36. The molecule has 8 N–H and O–H groups in total. The SMILES string of the molecule is CC(NC(C(=O)N/C(=N\N)NN)C(C)c1ccc(-c2cc(Cl)ccc2Cl)cc1)C(=O)O. The van der Waals surface area contributed by atoms with E-state index in [0.29, 0.717) is 10.0 Å². The van der Waals surface area contributed by atoms with Crippen LogP contribution >= 0.6 is 23.2 Å². The molecule has 0 aliphatic heterocycles. The van der Waals surface area contributed by atoms with Crippen LogP contribution in [0.5, 0.6) is 0 Å². The van der Waals surface area contributed by atoms with Gasteiger partial charge in [-0.1, -0.05) is 54.4 Å². The van der Waals surface area contributed by atoms with Crippen molar-refractivity contribution in [3.8, 4) is 11.1 Å². The van der Waals surface area contributed by atoms with Gasteiger partial charge in [0.2, 0.25) is 11.9 Å². The molecule has 0 aliphatic rings. The Kier molecular flexibility index (Phi) is 8.64. The minimum Gasteiger partial charge on any atom is -0.480 e. The van der Waals surface area contributed by atoms with Gasteiger partial charge in [-0.2, -0.15) is 0 Å². The number of rotatable bonds is 7. The van der Waals surface area contributed by atoms with E-state index in [-0.39, 0.29) is 5.96 Å². The van der Waals surface area contributed by atoms with Crippen LogP contribution in [-0.4, -0.2) is 35.0 Å². The molecule has 2 rings (SSSR count). The number of nitrogens with one attached hydrogen (secondary N) is 3. The molecule has 3 atom stereocenters. The molecule has 2 aromatic carbocycles. The van der Waals surface area contributed by atoms with Crippen molar-refractivity contribution in [2.75, 3.05) is 0 Å². The summed E-state index contributed by atoms with van der Waals surface area (Å²) in [7, 11) is 0. The summed E-state index contributed by atoms with van der Waals surface area (Å²) in [5.74, 6) is 8.20. The van der Waals surface area contributed by atoms with Crippen LogP contribution in [0.3, 0.4) is 0 Å². The molecule has 0 radical (unpaired) electrons. The average molecular weight is 467 g/mol. The maximum absolute atomic E-state index is 12.8. The van der Waals surface area contributed by atoms with Gasteiger partial charge in [-0.25, -0.2) is 5.84 Å². The second kappa shape index (κ2) is 11.0. The highest BCUT2D eigenvalue weighted by Crippen LogP contribution is 2.32. The van der Waals surface area contributed by atoms with Gasteiger partial charge < -0.3 is 10.9 Å². The van der Waals surface area contributed by atoms with Crippen LogP contribution in [0.1, 0.15) is 25.3 Å². The standard InChI is InChI=1S/C20H24Cl2N6O3/c1-10(17(25-11(2)19(30)31)18(29)26-20(27-23)28-24)12-3-5-13(6-4-12)15-9-14(21)7-8-16(15)22/h3-11,17,25H,23-24H2,1-2H3,(H,30,31)(H2,26,27,28,29). The Bertz CT molecular complexity index is 968. The van der Waals surface area contributed by atoms with E-state index in [1.54, 1.807) is 25.1 Å². The van der Waals surface area contributed by atoms with Gasteiger partial charge in [0.05, 0.1) is 6.04 Å². The predicted octanol–water partition coefficient (Wildman–Crippen LogP) is 2.00. The van der Waals surface area contributed by atoms with Crippen molar-refractivity contribution >= 4 is 41.0 Å². The number of benzene rings is 2. The number of carboxylic acid groups (broad SMARTS) is 1. The molecule has 166 valence electrons.